The van der Waals surface area contributed by atoms with Gasteiger partial charge in [0.25, 0.3) is 0 Å². The van der Waals surface area contributed by atoms with E-state index in [-0.39, 0.29) is 5.91 Å². The van der Waals surface area contributed by atoms with Gasteiger partial charge in [0.1, 0.15) is 11.4 Å². The van der Waals surface area contributed by atoms with Crippen molar-refractivity contribution in [1.82, 2.24) is 40.0 Å². The number of aromatic amines is 1. The number of H-pyrrole nitrogens is 1. The van der Waals surface area contributed by atoms with E-state index in [1.54, 1.807) is 0 Å². The number of nitrogens with zero attached hydrogens (tertiary/aromatic N) is 6. The quantitative estimate of drug-likeness (QED) is 0.304. The standard InChI is InChI=1S/C30H39N9O3/c1-2-39-24(20-33-29(40)30(7-10-31-11-8-30)38-14-18-42-19-15-38)34-25-27(37-12-16-41-17-13-37)35-26(36-28(25)39)22-4-3-5-23-21(22)6-9-32-23/h3-6,9,31-32H,2,7-8,10-20H2,1H3,(H,33,40). The summed E-state index contributed by atoms with van der Waals surface area (Å²) in [7, 11) is 0. The highest BCUT2D eigenvalue weighted by molar-refractivity contribution is 5.95. The van der Waals surface area contributed by atoms with Crippen molar-refractivity contribution in [2.45, 2.75) is 38.4 Å². The van der Waals surface area contributed by atoms with E-state index in [2.05, 4.69) is 55.1 Å². The number of ether oxygens (including phenoxy) is 2. The first-order valence-corrected chi connectivity index (χ1v) is 15.2. The summed E-state index contributed by atoms with van der Waals surface area (Å²) >= 11 is 0. The fraction of sp³-hybridized carbons (Fsp3) is 0.533. The van der Waals surface area contributed by atoms with Gasteiger partial charge in [-0.25, -0.2) is 15.0 Å². The van der Waals surface area contributed by atoms with E-state index >= 15 is 0 Å². The molecule has 3 saturated heterocycles. The summed E-state index contributed by atoms with van der Waals surface area (Å²) in [6.45, 7) is 10.4. The van der Waals surface area contributed by atoms with Crippen LogP contribution in [0.5, 0.6) is 0 Å². The number of anilines is 1. The van der Waals surface area contributed by atoms with Crippen molar-refractivity contribution in [2.24, 2.45) is 0 Å². The Morgan fingerprint density at radius 2 is 1.76 bits per heavy atom. The van der Waals surface area contributed by atoms with Crippen LogP contribution in [0.2, 0.25) is 0 Å². The van der Waals surface area contributed by atoms with Gasteiger partial charge in [0, 0.05) is 55.4 Å². The van der Waals surface area contributed by atoms with Crippen molar-refractivity contribution in [2.75, 3.05) is 70.6 Å². The van der Waals surface area contributed by atoms with E-state index in [1.807, 2.05) is 12.3 Å². The number of rotatable bonds is 7. The van der Waals surface area contributed by atoms with Crippen LogP contribution in [0, 0.1) is 0 Å². The number of benzene rings is 1. The molecule has 0 atom stereocenters. The molecule has 3 aliphatic rings. The third kappa shape index (κ3) is 4.81. The van der Waals surface area contributed by atoms with Crippen LogP contribution in [0.15, 0.2) is 30.5 Å². The maximum atomic E-state index is 13.9. The van der Waals surface area contributed by atoms with E-state index < -0.39 is 5.54 Å². The molecule has 3 aliphatic heterocycles. The third-order valence-electron chi connectivity index (χ3n) is 8.99. The topological polar surface area (TPSA) is 125 Å². The van der Waals surface area contributed by atoms with Crippen molar-refractivity contribution in [3.8, 4) is 11.4 Å². The van der Waals surface area contributed by atoms with Gasteiger partial charge >= 0.3 is 0 Å². The molecule has 3 N–H and O–H groups in total. The van der Waals surface area contributed by atoms with Crippen LogP contribution in [0.25, 0.3) is 33.5 Å². The summed E-state index contributed by atoms with van der Waals surface area (Å²) in [6.07, 6.45) is 3.51. The number of aromatic nitrogens is 5. The number of carbonyl (C=O) groups excluding carboxylic acids is 1. The summed E-state index contributed by atoms with van der Waals surface area (Å²) in [5.41, 5.74) is 3.04. The Balaban J connectivity index is 1.26. The number of hydrogen-bond donors (Lipinski definition) is 3. The van der Waals surface area contributed by atoms with Crippen molar-refractivity contribution < 1.29 is 14.3 Å². The highest BCUT2D eigenvalue weighted by atomic mass is 16.5. The molecule has 7 rings (SSSR count). The molecule has 6 heterocycles. The van der Waals surface area contributed by atoms with E-state index in [0.29, 0.717) is 45.3 Å². The summed E-state index contributed by atoms with van der Waals surface area (Å²) in [6, 6.07) is 8.22. The zero-order valence-electron chi connectivity index (χ0n) is 24.2. The zero-order valence-corrected chi connectivity index (χ0v) is 24.2. The second-order valence-electron chi connectivity index (χ2n) is 11.2. The van der Waals surface area contributed by atoms with Crippen LogP contribution >= 0.6 is 0 Å². The predicted octanol–water partition coefficient (Wildman–Crippen LogP) is 1.90. The Hall–Kier alpha value is -3.58. The highest BCUT2D eigenvalue weighted by Gasteiger charge is 2.45. The minimum Gasteiger partial charge on any atom is -0.379 e. The lowest BCUT2D eigenvalue weighted by molar-refractivity contribution is -0.139. The smallest absolute Gasteiger partial charge is 0.241 e. The van der Waals surface area contributed by atoms with Gasteiger partial charge in [0.05, 0.1) is 33.0 Å². The normalized spacial score (nSPS) is 19.9. The first-order chi connectivity index (χ1) is 20.7. The number of morpholine rings is 2. The number of imidazole rings is 1. The molecular weight excluding hydrogens is 534 g/mol. The Morgan fingerprint density at radius 1 is 1.00 bits per heavy atom. The average Bonchev–Trinajstić information content (AvgIpc) is 3.68. The molecule has 0 spiro atoms. The molecule has 12 heteroatoms. The second-order valence-corrected chi connectivity index (χ2v) is 11.2. The lowest BCUT2D eigenvalue weighted by Crippen LogP contribution is -2.64. The van der Waals surface area contributed by atoms with Gasteiger partial charge in [0.2, 0.25) is 5.91 Å². The van der Waals surface area contributed by atoms with Crippen LogP contribution < -0.4 is 15.5 Å². The molecular formula is C30H39N9O3. The molecule has 3 aromatic heterocycles. The van der Waals surface area contributed by atoms with Crippen molar-refractivity contribution in [3.63, 3.8) is 0 Å². The van der Waals surface area contributed by atoms with Crippen LogP contribution in [-0.2, 0) is 27.4 Å². The molecule has 12 nitrogen and oxygen atoms in total. The monoisotopic (exact) mass is 573 g/mol. The summed E-state index contributed by atoms with van der Waals surface area (Å²) in [5, 5.41) is 7.79. The first-order valence-electron chi connectivity index (χ1n) is 15.2. The van der Waals surface area contributed by atoms with Gasteiger partial charge in [-0.15, -0.1) is 0 Å². The molecule has 0 bridgehead atoms. The molecule has 0 unspecified atom stereocenters. The van der Waals surface area contributed by atoms with Crippen LogP contribution in [0.1, 0.15) is 25.6 Å². The highest BCUT2D eigenvalue weighted by Crippen LogP contribution is 2.32. The minimum absolute atomic E-state index is 0.0694. The SMILES string of the molecule is CCn1c(CNC(=O)C2(N3CCOCC3)CCNCC2)nc2c(N3CCOCC3)nc(-c3cccc4[nH]ccc34)nc21. The van der Waals surface area contributed by atoms with Crippen LogP contribution in [0.3, 0.4) is 0 Å². The van der Waals surface area contributed by atoms with Gasteiger partial charge in [0.15, 0.2) is 22.8 Å². The molecule has 0 aliphatic carbocycles. The Kier molecular flexibility index (Phi) is 7.53. The Labute approximate surface area is 244 Å². The van der Waals surface area contributed by atoms with Gasteiger partial charge in [-0.3, -0.25) is 9.69 Å². The molecule has 0 saturated carbocycles. The number of amides is 1. The number of aryl methyl sites for hydroxylation is 1. The Bertz CT molecular complexity index is 1560. The average molecular weight is 574 g/mol. The lowest BCUT2D eigenvalue weighted by atomic mass is 9.85. The van der Waals surface area contributed by atoms with Gasteiger partial charge in [-0.1, -0.05) is 12.1 Å². The van der Waals surface area contributed by atoms with Crippen molar-refractivity contribution in [3.05, 3.63) is 36.3 Å². The third-order valence-corrected chi connectivity index (χ3v) is 8.99. The minimum atomic E-state index is -0.529. The fourth-order valence-electron chi connectivity index (χ4n) is 6.74. The number of piperidine rings is 1. The van der Waals surface area contributed by atoms with Gasteiger partial charge < -0.3 is 34.6 Å². The van der Waals surface area contributed by atoms with E-state index in [9.17, 15) is 4.79 Å². The van der Waals surface area contributed by atoms with Crippen molar-refractivity contribution >= 4 is 33.8 Å². The molecule has 222 valence electrons. The maximum absolute atomic E-state index is 13.9. The molecule has 0 radical (unpaired) electrons. The van der Waals surface area contributed by atoms with Gasteiger partial charge in [-0.05, 0) is 45.0 Å². The first kappa shape index (κ1) is 27.3. The summed E-state index contributed by atoms with van der Waals surface area (Å²) < 4.78 is 13.4. The van der Waals surface area contributed by atoms with E-state index in [0.717, 1.165) is 91.4 Å². The number of hydrogen-bond acceptors (Lipinski definition) is 9. The summed E-state index contributed by atoms with van der Waals surface area (Å²) in [5.74, 6) is 2.33. The molecule has 4 aromatic rings. The zero-order chi connectivity index (χ0) is 28.5. The number of fused-ring (bicyclic) bond motifs is 2. The summed E-state index contributed by atoms with van der Waals surface area (Å²) in [4.78, 5) is 37.1. The number of carbonyl (C=O) groups is 1. The molecule has 1 aromatic carbocycles. The van der Waals surface area contributed by atoms with E-state index in [1.165, 1.54) is 0 Å². The van der Waals surface area contributed by atoms with E-state index in [4.69, 9.17) is 24.4 Å². The fourth-order valence-corrected chi connectivity index (χ4v) is 6.74. The van der Waals surface area contributed by atoms with Crippen LogP contribution in [0.4, 0.5) is 5.82 Å². The number of nitrogens with one attached hydrogen (secondary N) is 3. The molecule has 42 heavy (non-hydrogen) atoms. The second kappa shape index (κ2) is 11.6. The molecule has 3 fully saturated rings. The maximum Gasteiger partial charge on any atom is 0.241 e. The Morgan fingerprint density at radius 3 is 2.52 bits per heavy atom. The largest absolute Gasteiger partial charge is 0.379 e. The predicted molar refractivity (Wildman–Crippen MR) is 160 cm³/mol. The van der Waals surface area contributed by atoms with Crippen molar-refractivity contribution in [1.29, 1.82) is 0 Å². The van der Waals surface area contributed by atoms with Gasteiger partial charge in [-0.2, -0.15) is 0 Å². The molecule has 1 amide bonds. The lowest BCUT2D eigenvalue weighted by Gasteiger charge is -2.46. The van der Waals surface area contributed by atoms with Crippen LogP contribution in [-0.4, -0.2) is 107 Å².